The summed E-state index contributed by atoms with van der Waals surface area (Å²) in [4.78, 5) is 15.0. The molecule has 2 heterocycles. The quantitative estimate of drug-likeness (QED) is 0.428. The van der Waals surface area contributed by atoms with Crippen LogP contribution >= 0.6 is 12.2 Å². The molecule has 3 atom stereocenters. The van der Waals surface area contributed by atoms with E-state index in [-0.39, 0.29) is 12.6 Å². The number of esters is 1. The van der Waals surface area contributed by atoms with Crippen molar-refractivity contribution in [1.82, 2.24) is 5.32 Å². The van der Waals surface area contributed by atoms with Crippen LogP contribution in [-0.4, -0.2) is 30.0 Å². The number of hydrogen-bond donors (Lipinski definition) is 1. The standard InChI is InChI=1S/C23H24N2O4S/c1-4-14-28-21(26)18-19-16-12-9-13-17(27-5-2)20(16)29-23(18,3)25(22(30)24-19)15-10-7-6-8-11-15/h4,6-13,18-19H,1,5,14H2,2-3H3,(H,24,30)/t18-,19+,23+/m1/s1. The Morgan fingerprint density at radius 2 is 2.07 bits per heavy atom. The maximum absolute atomic E-state index is 13.2. The summed E-state index contributed by atoms with van der Waals surface area (Å²) in [6.45, 7) is 8.05. The predicted octanol–water partition coefficient (Wildman–Crippen LogP) is 3.98. The van der Waals surface area contributed by atoms with Crippen LogP contribution in [0.15, 0.2) is 61.2 Å². The minimum Gasteiger partial charge on any atom is -0.490 e. The highest BCUT2D eigenvalue weighted by Gasteiger charge is 2.60. The Kier molecular flexibility index (Phi) is 5.39. The Balaban J connectivity index is 1.88. The van der Waals surface area contributed by atoms with Crippen molar-refractivity contribution in [2.24, 2.45) is 5.92 Å². The zero-order chi connectivity index (χ0) is 21.3. The molecule has 1 fully saturated rings. The van der Waals surface area contributed by atoms with Crippen molar-refractivity contribution < 1.29 is 19.0 Å². The lowest BCUT2D eigenvalue weighted by molar-refractivity contribution is -0.159. The molecule has 0 aliphatic carbocycles. The first kappa shape index (κ1) is 20.2. The molecule has 2 aliphatic heterocycles. The second-order valence-corrected chi connectivity index (χ2v) is 7.65. The van der Waals surface area contributed by atoms with Crippen molar-refractivity contribution in [2.45, 2.75) is 25.6 Å². The predicted molar refractivity (Wildman–Crippen MR) is 119 cm³/mol. The summed E-state index contributed by atoms with van der Waals surface area (Å²) in [6, 6.07) is 14.9. The zero-order valence-electron chi connectivity index (χ0n) is 17.0. The van der Waals surface area contributed by atoms with Crippen LogP contribution in [0.2, 0.25) is 0 Å². The van der Waals surface area contributed by atoms with Gasteiger partial charge >= 0.3 is 5.97 Å². The first-order chi connectivity index (χ1) is 14.5. The molecule has 2 aromatic rings. The third-order valence-electron chi connectivity index (χ3n) is 5.40. The third-order valence-corrected chi connectivity index (χ3v) is 5.70. The molecule has 156 valence electrons. The Morgan fingerprint density at radius 1 is 1.30 bits per heavy atom. The molecular formula is C23H24N2O4S. The van der Waals surface area contributed by atoms with Gasteiger partial charge in [-0.1, -0.05) is 43.0 Å². The molecule has 0 spiro atoms. The number of hydrogen-bond acceptors (Lipinski definition) is 5. The van der Waals surface area contributed by atoms with Gasteiger partial charge in [-0.05, 0) is 44.3 Å². The topological polar surface area (TPSA) is 60.0 Å². The van der Waals surface area contributed by atoms with E-state index in [0.29, 0.717) is 23.2 Å². The number of nitrogens with zero attached hydrogens (tertiary/aromatic N) is 1. The third kappa shape index (κ3) is 3.19. The van der Waals surface area contributed by atoms with Gasteiger partial charge in [-0.3, -0.25) is 9.69 Å². The van der Waals surface area contributed by atoms with Gasteiger partial charge in [0.1, 0.15) is 12.5 Å². The molecule has 30 heavy (non-hydrogen) atoms. The molecule has 0 radical (unpaired) electrons. The summed E-state index contributed by atoms with van der Waals surface area (Å²) in [5, 5.41) is 3.83. The number of anilines is 1. The summed E-state index contributed by atoms with van der Waals surface area (Å²) in [6.07, 6.45) is 1.55. The lowest BCUT2D eigenvalue weighted by Crippen LogP contribution is -2.71. The van der Waals surface area contributed by atoms with E-state index in [0.717, 1.165) is 11.3 Å². The van der Waals surface area contributed by atoms with Crippen LogP contribution < -0.4 is 19.7 Å². The number of rotatable bonds is 6. The molecule has 2 aliphatic rings. The molecule has 1 saturated heterocycles. The van der Waals surface area contributed by atoms with Crippen molar-refractivity contribution in [3.63, 3.8) is 0 Å². The number of ether oxygens (including phenoxy) is 3. The van der Waals surface area contributed by atoms with Crippen LogP contribution in [0, 0.1) is 5.92 Å². The van der Waals surface area contributed by atoms with E-state index in [2.05, 4.69) is 11.9 Å². The van der Waals surface area contributed by atoms with Gasteiger partial charge < -0.3 is 19.5 Å². The molecule has 0 saturated carbocycles. The van der Waals surface area contributed by atoms with Crippen LogP contribution in [0.5, 0.6) is 11.5 Å². The number of fused-ring (bicyclic) bond motifs is 4. The van der Waals surface area contributed by atoms with Gasteiger partial charge in [0, 0.05) is 11.3 Å². The van der Waals surface area contributed by atoms with Gasteiger partial charge in [0.15, 0.2) is 16.6 Å². The van der Waals surface area contributed by atoms with Gasteiger partial charge in [-0.15, -0.1) is 0 Å². The Labute approximate surface area is 181 Å². The first-order valence-corrected chi connectivity index (χ1v) is 10.3. The normalized spacial score (nSPS) is 24.2. The smallest absolute Gasteiger partial charge is 0.317 e. The summed E-state index contributed by atoms with van der Waals surface area (Å²) in [7, 11) is 0. The Hall–Kier alpha value is -3.06. The maximum Gasteiger partial charge on any atom is 0.317 e. The second-order valence-electron chi connectivity index (χ2n) is 7.26. The average molecular weight is 425 g/mol. The molecule has 0 amide bonds. The molecule has 2 aromatic carbocycles. The fraction of sp³-hybridized carbons (Fsp3) is 0.304. The highest BCUT2D eigenvalue weighted by atomic mass is 32.1. The number of benzene rings is 2. The van der Waals surface area contributed by atoms with Gasteiger partial charge in [-0.2, -0.15) is 0 Å². The molecule has 2 bridgehead atoms. The van der Waals surface area contributed by atoms with Gasteiger partial charge in [0.25, 0.3) is 0 Å². The van der Waals surface area contributed by atoms with Crippen molar-refractivity contribution in [3.8, 4) is 11.5 Å². The summed E-state index contributed by atoms with van der Waals surface area (Å²) >= 11 is 5.71. The second kappa shape index (κ2) is 7.99. The molecule has 1 N–H and O–H groups in total. The molecule has 6 nitrogen and oxygen atoms in total. The van der Waals surface area contributed by atoms with E-state index in [1.54, 1.807) is 6.08 Å². The zero-order valence-corrected chi connectivity index (χ0v) is 17.8. The van der Waals surface area contributed by atoms with E-state index in [1.165, 1.54) is 0 Å². The monoisotopic (exact) mass is 424 g/mol. The van der Waals surface area contributed by atoms with Gasteiger partial charge in [0.05, 0.1) is 12.6 Å². The lowest BCUT2D eigenvalue weighted by Gasteiger charge is -2.55. The van der Waals surface area contributed by atoms with Crippen LogP contribution in [0.1, 0.15) is 25.5 Å². The minimum atomic E-state index is -1.12. The fourth-order valence-electron chi connectivity index (χ4n) is 4.20. The number of carbonyl (C=O) groups is 1. The number of para-hydroxylation sites is 2. The summed E-state index contributed by atoms with van der Waals surface area (Å²) < 4.78 is 17.8. The maximum atomic E-state index is 13.2. The SMILES string of the molecule is C=CCOC(=O)[C@H]1[C@H]2NC(=S)N(c3ccccc3)[C@@]1(C)Oc1c(OCC)cccc12. The van der Waals surface area contributed by atoms with Crippen molar-refractivity contribution in [1.29, 1.82) is 0 Å². The number of carbonyl (C=O) groups excluding carboxylic acids is 1. The molecular weight excluding hydrogens is 400 g/mol. The largest absolute Gasteiger partial charge is 0.490 e. The van der Waals surface area contributed by atoms with Gasteiger partial charge in [-0.25, -0.2) is 0 Å². The Morgan fingerprint density at radius 3 is 2.77 bits per heavy atom. The van der Waals surface area contributed by atoms with E-state index >= 15 is 0 Å². The molecule has 7 heteroatoms. The van der Waals surface area contributed by atoms with Crippen LogP contribution in [0.4, 0.5) is 5.69 Å². The first-order valence-electron chi connectivity index (χ1n) is 9.89. The van der Waals surface area contributed by atoms with E-state index in [9.17, 15) is 4.79 Å². The van der Waals surface area contributed by atoms with Crippen molar-refractivity contribution in [2.75, 3.05) is 18.1 Å². The average Bonchev–Trinajstić information content (AvgIpc) is 2.73. The lowest BCUT2D eigenvalue weighted by atomic mass is 9.79. The summed E-state index contributed by atoms with van der Waals surface area (Å²) in [5.74, 6) is 0.182. The highest BCUT2D eigenvalue weighted by molar-refractivity contribution is 7.80. The molecule has 0 aromatic heterocycles. The van der Waals surface area contributed by atoms with Gasteiger partial charge in [0.2, 0.25) is 5.72 Å². The van der Waals surface area contributed by atoms with Crippen LogP contribution in [0.3, 0.4) is 0 Å². The number of thiocarbonyl (C=S) groups is 1. The van der Waals surface area contributed by atoms with Crippen molar-refractivity contribution >= 4 is 29.0 Å². The summed E-state index contributed by atoms with van der Waals surface area (Å²) in [5.41, 5.74) is 0.510. The van der Waals surface area contributed by atoms with Crippen LogP contribution in [-0.2, 0) is 9.53 Å². The highest BCUT2D eigenvalue weighted by Crippen LogP contribution is 2.52. The molecule has 0 unspecified atom stereocenters. The number of nitrogens with one attached hydrogen (secondary N) is 1. The van der Waals surface area contributed by atoms with E-state index in [1.807, 2.05) is 67.3 Å². The van der Waals surface area contributed by atoms with E-state index in [4.69, 9.17) is 26.4 Å². The van der Waals surface area contributed by atoms with Crippen molar-refractivity contribution in [3.05, 3.63) is 66.7 Å². The Bertz CT molecular complexity index is 980. The van der Waals surface area contributed by atoms with E-state index < -0.39 is 17.7 Å². The van der Waals surface area contributed by atoms with Crippen LogP contribution in [0.25, 0.3) is 0 Å². The fourth-order valence-corrected chi connectivity index (χ4v) is 4.61. The minimum absolute atomic E-state index is 0.125. The molecule has 4 rings (SSSR count).